The third-order valence-electron chi connectivity index (χ3n) is 3.54. The summed E-state index contributed by atoms with van der Waals surface area (Å²) in [5, 5.41) is 8.77. The molecule has 5 nitrogen and oxygen atoms in total. The van der Waals surface area contributed by atoms with Crippen molar-refractivity contribution in [3.63, 3.8) is 0 Å². The van der Waals surface area contributed by atoms with E-state index in [-0.39, 0.29) is 18.4 Å². The van der Waals surface area contributed by atoms with Gasteiger partial charge in [-0.2, -0.15) is 0 Å². The second-order valence-electron chi connectivity index (χ2n) is 4.96. The lowest BCUT2D eigenvalue weighted by Crippen LogP contribution is -2.43. The van der Waals surface area contributed by atoms with Gasteiger partial charge in [0.05, 0.1) is 6.26 Å². The van der Waals surface area contributed by atoms with Gasteiger partial charge in [0.25, 0.3) is 0 Å². The van der Waals surface area contributed by atoms with Crippen molar-refractivity contribution in [1.29, 1.82) is 0 Å². The van der Waals surface area contributed by atoms with Gasteiger partial charge >= 0.3 is 5.97 Å². The highest BCUT2D eigenvalue weighted by Crippen LogP contribution is 2.21. The Morgan fingerprint density at radius 3 is 3.00 bits per heavy atom. The first-order chi connectivity index (χ1) is 9.66. The minimum atomic E-state index is -0.811. The molecule has 1 unspecified atom stereocenters. The van der Waals surface area contributed by atoms with Crippen molar-refractivity contribution in [3.05, 3.63) is 30.2 Å². The summed E-state index contributed by atoms with van der Waals surface area (Å²) in [6, 6.07) is 3.58. The summed E-state index contributed by atoms with van der Waals surface area (Å²) >= 11 is 0. The number of carboxylic acid groups (broad SMARTS) is 1. The molecule has 0 radical (unpaired) electrons. The summed E-state index contributed by atoms with van der Waals surface area (Å²) in [6.45, 7) is 0.700. The van der Waals surface area contributed by atoms with Crippen LogP contribution in [0.2, 0.25) is 0 Å². The quantitative estimate of drug-likeness (QED) is 0.840. The lowest BCUT2D eigenvalue weighted by Gasteiger charge is -2.35. The van der Waals surface area contributed by atoms with Crippen LogP contribution in [0.1, 0.15) is 37.9 Å². The van der Waals surface area contributed by atoms with Crippen molar-refractivity contribution in [3.8, 4) is 0 Å². The molecule has 0 saturated carbocycles. The van der Waals surface area contributed by atoms with Crippen LogP contribution in [0.15, 0.2) is 28.9 Å². The minimum Gasteiger partial charge on any atom is -0.481 e. The van der Waals surface area contributed by atoms with Crippen molar-refractivity contribution in [2.45, 2.75) is 38.1 Å². The molecule has 0 aliphatic carbocycles. The molecular formula is C15H19NO4. The fraction of sp³-hybridized carbons (Fsp3) is 0.467. The molecule has 1 atom stereocenters. The van der Waals surface area contributed by atoms with Crippen LogP contribution in [0, 0.1) is 0 Å². The van der Waals surface area contributed by atoms with Gasteiger partial charge in [0.15, 0.2) is 0 Å². The monoisotopic (exact) mass is 277 g/mol. The van der Waals surface area contributed by atoms with E-state index in [0.717, 1.165) is 19.3 Å². The van der Waals surface area contributed by atoms with Gasteiger partial charge in [-0.1, -0.05) is 0 Å². The third kappa shape index (κ3) is 3.98. The number of hydrogen-bond acceptors (Lipinski definition) is 3. The summed E-state index contributed by atoms with van der Waals surface area (Å²) in [6.07, 6.45) is 8.24. The predicted molar refractivity (Wildman–Crippen MR) is 74.0 cm³/mol. The predicted octanol–water partition coefficient (Wildman–Crippen LogP) is 2.54. The zero-order valence-corrected chi connectivity index (χ0v) is 11.3. The maximum Gasteiger partial charge on any atom is 0.303 e. The van der Waals surface area contributed by atoms with Crippen LogP contribution in [-0.4, -0.2) is 34.5 Å². The molecule has 1 aliphatic rings. The molecule has 20 heavy (non-hydrogen) atoms. The number of piperidine rings is 1. The number of carboxylic acids is 1. The highest BCUT2D eigenvalue weighted by Gasteiger charge is 2.25. The number of furan rings is 1. The second-order valence-corrected chi connectivity index (χ2v) is 4.96. The van der Waals surface area contributed by atoms with Crippen LogP contribution < -0.4 is 0 Å². The minimum absolute atomic E-state index is 0.0357. The van der Waals surface area contributed by atoms with E-state index in [1.165, 1.54) is 6.08 Å². The van der Waals surface area contributed by atoms with E-state index in [1.54, 1.807) is 29.4 Å². The Bertz CT molecular complexity index is 478. The number of carbonyl (C=O) groups is 2. The van der Waals surface area contributed by atoms with Gasteiger partial charge in [-0.05, 0) is 43.9 Å². The summed E-state index contributed by atoms with van der Waals surface area (Å²) < 4.78 is 5.14. The Morgan fingerprint density at radius 1 is 1.45 bits per heavy atom. The number of rotatable bonds is 5. The lowest BCUT2D eigenvalue weighted by atomic mass is 9.98. The smallest absolute Gasteiger partial charge is 0.303 e. The fourth-order valence-corrected chi connectivity index (χ4v) is 2.52. The second kappa shape index (κ2) is 6.93. The number of aliphatic carboxylic acids is 1. The number of carbonyl (C=O) groups excluding carboxylic acids is 1. The Balaban J connectivity index is 1.96. The zero-order valence-electron chi connectivity index (χ0n) is 11.3. The van der Waals surface area contributed by atoms with Gasteiger partial charge in [-0.25, -0.2) is 0 Å². The highest BCUT2D eigenvalue weighted by atomic mass is 16.4. The normalized spacial score (nSPS) is 19.4. The van der Waals surface area contributed by atoms with Gasteiger partial charge in [-0.3, -0.25) is 9.59 Å². The van der Waals surface area contributed by atoms with Crippen molar-refractivity contribution >= 4 is 18.0 Å². The van der Waals surface area contributed by atoms with Crippen LogP contribution in [-0.2, 0) is 9.59 Å². The van der Waals surface area contributed by atoms with Crippen LogP contribution in [0.4, 0.5) is 0 Å². The Morgan fingerprint density at radius 2 is 2.30 bits per heavy atom. The third-order valence-corrected chi connectivity index (χ3v) is 3.54. The van der Waals surface area contributed by atoms with Crippen LogP contribution >= 0.6 is 0 Å². The van der Waals surface area contributed by atoms with Crippen LogP contribution in [0.5, 0.6) is 0 Å². The number of amides is 1. The van der Waals surface area contributed by atoms with E-state index in [1.807, 2.05) is 0 Å². The largest absolute Gasteiger partial charge is 0.481 e. The Labute approximate surface area is 117 Å². The van der Waals surface area contributed by atoms with Gasteiger partial charge in [0.1, 0.15) is 5.76 Å². The van der Waals surface area contributed by atoms with E-state index >= 15 is 0 Å². The molecule has 1 aromatic heterocycles. The number of hydrogen-bond donors (Lipinski definition) is 1. The maximum atomic E-state index is 12.2. The molecule has 2 rings (SSSR count). The molecule has 0 spiro atoms. The van der Waals surface area contributed by atoms with Crippen LogP contribution in [0.25, 0.3) is 6.08 Å². The SMILES string of the molecule is O=C(O)CCC1CCCCN1C(=O)/C=C/c1ccco1. The van der Waals surface area contributed by atoms with E-state index < -0.39 is 5.97 Å². The maximum absolute atomic E-state index is 12.2. The molecule has 5 heteroatoms. The van der Waals surface area contributed by atoms with E-state index in [4.69, 9.17) is 9.52 Å². The average Bonchev–Trinajstić information content (AvgIpc) is 2.96. The van der Waals surface area contributed by atoms with Crippen molar-refractivity contribution in [1.82, 2.24) is 4.90 Å². The van der Waals surface area contributed by atoms with E-state index in [2.05, 4.69) is 0 Å². The average molecular weight is 277 g/mol. The Kier molecular flexibility index (Phi) is 4.98. The first-order valence-electron chi connectivity index (χ1n) is 6.91. The molecule has 0 aromatic carbocycles. The summed E-state index contributed by atoms with van der Waals surface area (Å²) in [7, 11) is 0. The molecule has 1 aromatic rings. The number of nitrogens with zero attached hydrogens (tertiary/aromatic N) is 1. The molecule has 1 aliphatic heterocycles. The first-order valence-corrected chi connectivity index (χ1v) is 6.91. The zero-order chi connectivity index (χ0) is 14.4. The van der Waals surface area contributed by atoms with E-state index in [9.17, 15) is 9.59 Å². The molecular weight excluding hydrogens is 258 g/mol. The first kappa shape index (κ1) is 14.4. The van der Waals surface area contributed by atoms with Crippen molar-refractivity contribution in [2.24, 2.45) is 0 Å². The molecule has 1 N–H and O–H groups in total. The van der Waals surface area contributed by atoms with Crippen LogP contribution in [0.3, 0.4) is 0 Å². The highest BCUT2D eigenvalue weighted by molar-refractivity contribution is 5.91. The van der Waals surface area contributed by atoms with Gasteiger partial charge < -0.3 is 14.4 Å². The standard InChI is InChI=1S/C15H19NO4/c17-14(8-7-13-5-3-11-20-13)16-10-2-1-4-12(16)6-9-15(18)19/h3,5,7-8,11-12H,1-2,4,6,9-10H2,(H,18,19)/b8-7+. The summed E-state index contributed by atoms with van der Waals surface area (Å²) in [4.78, 5) is 24.7. The molecule has 1 saturated heterocycles. The molecule has 108 valence electrons. The van der Waals surface area contributed by atoms with Crippen molar-refractivity contribution < 1.29 is 19.1 Å². The lowest BCUT2D eigenvalue weighted by molar-refractivity contribution is -0.138. The fourth-order valence-electron chi connectivity index (χ4n) is 2.52. The number of likely N-dealkylation sites (tertiary alicyclic amines) is 1. The van der Waals surface area contributed by atoms with Gasteiger partial charge in [0.2, 0.25) is 5.91 Å². The van der Waals surface area contributed by atoms with E-state index in [0.29, 0.717) is 18.7 Å². The Hall–Kier alpha value is -2.04. The molecule has 1 amide bonds. The molecule has 0 bridgehead atoms. The van der Waals surface area contributed by atoms with Crippen molar-refractivity contribution in [2.75, 3.05) is 6.54 Å². The van der Waals surface area contributed by atoms with Gasteiger partial charge in [0, 0.05) is 25.1 Å². The molecule has 2 heterocycles. The topological polar surface area (TPSA) is 70.8 Å². The summed E-state index contributed by atoms with van der Waals surface area (Å²) in [5.41, 5.74) is 0. The molecule has 1 fully saturated rings. The summed E-state index contributed by atoms with van der Waals surface area (Å²) in [5.74, 6) is -0.247. The van der Waals surface area contributed by atoms with Gasteiger partial charge in [-0.15, -0.1) is 0 Å².